The summed E-state index contributed by atoms with van der Waals surface area (Å²) in [5.41, 5.74) is 1.99. The fourth-order valence-corrected chi connectivity index (χ4v) is 2.22. The first-order valence-electron chi connectivity index (χ1n) is 5.65. The average Bonchev–Trinajstić information content (AvgIpc) is 2.82. The van der Waals surface area contributed by atoms with Crippen LogP contribution >= 0.6 is 15.9 Å². The number of nitrogens with zero attached hydrogens (tertiary/aromatic N) is 1. The van der Waals surface area contributed by atoms with Crippen LogP contribution in [-0.2, 0) is 6.54 Å². The van der Waals surface area contributed by atoms with Crippen LogP contribution in [0.3, 0.4) is 0 Å². The summed E-state index contributed by atoms with van der Waals surface area (Å²) >= 11 is 3.29. The normalized spacial score (nSPS) is 10.7. The van der Waals surface area contributed by atoms with Gasteiger partial charge in [0, 0.05) is 11.6 Å². The third kappa shape index (κ3) is 2.24. The molecule has 1 aromatic carbocycles. The van der Waals surface area contributed by atoms with E-state index in [9.17, 15) is 0 Å². The first kappa shape index (κ1) is 11.3. The van der Waals surface area contributed by atoms with Crippen LogP contribution in [0.15, 0.2) is 57.7 Å². The molecule has 0 unspecified atom stereocenters. The lowest BCUT2D eigenvalue weighted by atomic mass is 10.2. The Kier molecular flexibility index (Phi) is 3.02. The van der Waals surface area contributed by atoms with Crippen LogP contribution in [0.5, 0.6) is 0 Å². The standard InChI is InChI=1S/C14H11BrN2O/c15-13-7-6-11(18-13)9-17-12-5-1-3-10-4-2-8-16-14(10)12/h1-8,17H,9H2. The lowest BCUT2D eigenvalue weighted by molar-refractivity contribution is 0.495. The van der Waals surface area contributed by atoms with Crippen molar-refractivity contribution >= 4 is 32.5 Å². The highest BCUT2D eigenvalue weighted by Crippen LogP contribution is 2.22. The van der Waals surface area contributed by atoms with E-state index < -0.39 is 0 Å². The number of para-hydroxylation sites is 1. The van der Waals surface area contributed by atoms with Gasteiger partial charge in [-0.3, -0.25) is 4.98 Å². The number of anilines is 1. The summed E-state index contributed by atoms with van der Waals surface area (Å²) in [4.78, 5) is 4.40. The van der Waals surface area contributed by atoms with Gasteiger partial charge in [-0.2, -0.15) is 0 Å². The summed E-state index contributed by atoms with van der Waals surface area (Å²) in [6.45, 7) is 0.640. The van der Waals surface area contributed by atoms with Crippen molar-refractivity contribution in [2.24, 2.45) is 0 Å². The summed E-state index contributed by atoms with van der Waals surface area (Å²) in [6.07, 6.45) is 1.80. The van der Waals surface area contributed by atoms with Crippen molar-refractivity contribution < 1.29 is 4.42 Å². The number of hydrogen-bond donors (Lipinski definition) is 1. The van der Waals surface area contributed by atoms with Crippen LogP contribution in [0.4, 0.5) is 5.69 Å². The minimum atomic E-state index is 0.640. The van der Waals surface area contributed by atoms with Gasteiger partial charge in [-0.25, -0.2) is 0 Å². The molecule has 0 saturated heterocycles. The summed E-state index contributed by atoms with van der Waals surface area (Å²) < 4.78 is 6.20. The summed E-state index contributed by atoms with van der Waals surface area (Å²) in [5.74, 6) is 0.884. The number of aromatic nitrogens is 1. The summed E-state index contributed by atoms with van der Waals surface area (Å²) in [5, 5.41) is 4.47. The quantitative estimate of drug-likeness (QED) is 0.788. The number of furan rings is 1. The molecule has 90 valence electrons. The molecule has 0 radical (unpaired) electrons. The number of nitrogens with one attached hydrogen (secondary N) is 1. The summed E-state index contributed by atoms with van der Waals surface area (Å²) in [7, 11) is 0. The Morgan fingerprint density at radius 1 is 1.11 bits per heavy atom. The molecule has 0 bridgehead atoms. The maximum atomic E-state index is 5.45. The lowest BCUT2D eigenvalue weighted by Gasteiger charge is -2.07. The van der Waals surface area contributed by atoms with Crippen molar-refractivity contribution in [3.05, 3.63) is 59.1 Å². The molecular formula is C14H11BrN2O. The zero-order chi connectivity index (χ0) is 12.4. The Bertz CT molecular complexity index is 673. The van der Waals surface area contributed by atoms with Gasteiger partial charge in [-0.1, -0.05) is 18.2 Å². The second-order valence-electron chi connectivity index (χ2n) is 3.94. The van der Waals surface area contributed by atoms with Crippen LogP contribution in [0.25, 0.3) is 10.9 Å². The highest BCUT2D eigenvalue weighted by molar-refractivity contribution is 9.10. The average molecular weight is 303 g/mol. The molecule has 2 aromatic heterocycles. The Morgan fingerprint density at radius 2 is 2.00 bits per heavy atom. The van der Waals surface area contributed by atoms with Crippen molar-refractivity contribution in [1.82, 2.24) is 4.98 Å². The zero-order valence-corrected chi connectivity index (χ0v) is 11.1. The van der Waals surface area contributed by atoms with Gasteiger partial charge in [0.1, 0.15) is 5.76 Å². The van der Waals surface area contributed by atoms with E-state index in [-0.39, 0.29) is 0 Å². The van der Waals surface area contributed by atoms with Crippen molar-refractivity contribution in [2.75, 3.05) is 5.32 Å². The van der Waals surface area contributed by atoms with E-state index in [4.69, 9.17) is 4.42 Å². The highest BCUT2D eigenvalue weighted by Gasteiger charge is 2.03. The van der Waals surface area contributed by atoms with Crippen molar-refractivity contribution in [2.45, 2.75) is 6.54 Å². The van der Waals surface area contributed by atoms with Crippen LogP contribution in [0.2, 0.25) is 0 Å². The number of hydrogen-bond acceptors (Lipinski definition) is 3. The molecule has 0 aliphatic heterocycles. The SMILES string of the molecule is Brc1ccc(CNc2cccc3cccnc23)o1. The molecule has 3 rings (SSSR count). The van der Waals surface area contributed by atoms with Gasteiger partial charge in [0.05, 0.1) is 17.7 Å². The van der Waals surface area contributed by atoms with Crippen molar-refractivity contribution in [3.8, 4) is 0 Å². The lowest BCUT2D eigenvalue weighted by Crippen LogP contribution is -1.99. The molecule has 2 heterocycles. The predicted octanol–water partition coefficient (Wildman–Crippen LogP) is 4.20. The van der Waals surface area contributed by atoms with Crippen LogP contribution < -0.4 is 5.32 Å². The minimum Gasteiger partial charge on any atom is -0.452 e. The molecule has 3 aromatic rings. The zero-order valence-electron chi connectivity index (χ0n) is 9.56. The Hall–Kier alpha value is -1.81. The number of rotatable bonds is 3. The first-order chi connectivity index (χ1) is 8.83. The van der Waals surface area contributed by atoms with Gasteiger partial charge in [0.25, 0.3) is 0 Å². The van der Waals surface area contributed by atoms with Gasteiger partial charge in [0.2, 0.25) is 0 Å². The van der Waals surface area contributed by atoms with Crippen molar-refractivity contribution in [1.29, 1.82) is 0 Å². The predicted molar refractivity (Wildman–Crippen MR) is 75.5 cm³/mol. The van der Waals surface area contributed by atoms with E-state index in [1.165, 1.54) is 0 Å². The largest absolute Gasteiger partial charge is 0.452 e. The van der Waals surface area contributed by atoms with Crippen LogP contribution in [-0.4, -0.2) is 4.98 Å². The minimum absolute atomic E-state index is 0.640. The van der Waals surface area contributed by atoms with E-state index in [0.29, 0.717) is 6.54 Å². The smallest absolute Gasteiger partial charge is 0.169 e. The maximum Gasteiger partial charge on any atom is 0.169 e. The number of benzene rings is 1. The van der Waals surface area contributed by atoms with Crippen LogP contribution in [0, 0.1) is 0 Å². The van der Waals surface area contributed by atoms with E-state index >= 15 is 0 Å². The van der Waals surface area contributed by atoms with Gasteiger partial charge in [0.15, 0.2) is 4.67 Å². The third-order valence-corrected chi connectivity index (χ3v) is 3.14. The molecule has 0 aliphatic rings. The first-order valence-corrected chi connectivity index (χ1v) is 6.44. The van der Waals surface area contributed by atoms with E-state index in [1.54, 1.807) is 6.20 Å². The highest BCUT2D eigenvalue weighted by atomic mass is 79.9. The van der Waals surface area contributed by atoms with Gasteiger partial charge < -0.3 is 9.73 Å². The molecule has 0 fully saturated rings. The number of fused-ring (bicyclic) bond motifs is 1. The van der Waals surface area contributed by atoms with Gasteiger partial charge in [-0.05, 0) is 40.2 Å². The second kappa shape index (κ2) is 4.82. The van der Waals surface area contributed by atoms with Crippen LogP contribution in [0.1, 0.15) is 5.76 Å². The topological polar surface area (TPSA) is 38.1 Å². The molecule has 18 heavy (non-hydrogen) atoms. The molecule has 0 amide bonds. The molecular weight excluding hydrogens is 292 g/mol. The number of pyridine rings is 1. The number of halogens is 1. The monoisotopic (exact) mass is 302 g/mol. The van der Waals surface area contributed by atoms with Crippen molar-refractivity contribution in [3.63, 3.8) is 0 Å². The van der Waals surface area contributed by atoms with E-state index in [2.05, 4.69) is 38.4 Å². The fourth-order valence-electron chi connectivity index (χ4n) is 1.88. The van der Waals surface area contributed by atoms with Gasteiger partial charge >= 0.3 is 0 Å². The molecule has 3 nitrogen and oxygen atoms in total. The maximum absolute atomic E-state index is 5.45. The Labute approximate surface area is 113 Å². The van der Waals surface area contributed by atoms with Gasteiger partial charge in [-0.15, -0.1) is 0 Å². The molecule has 0 aliphatic carbocycles. The summed E-state index contributed by atoms with van der Waals surface area (Å²) in [6, 6.07) is 13.9. The molecule has 0 atom stereocenters. The molecule has 0 spiro atoms. The van der Waals surface area contributed by atoms with E-state index in [0.717, 1.165) is 27.0 Å². The molecule has 4 heteroatoms. The fraction of sp³-hybridized carbons (Fsp3) is 0.0714. The third-order valence-electron chi connectivity index (χ3n) is 2.71. The molecule has 1 N–H and O–H groups in total. The Morgan fingerprint density at radius 3 is 2.83 bits per heavy atom. The van der Waals surface area contributed by atoms with E-state index in [1.807, 2.05) is 30.3 Å². The Balaban J connectivity index is 1.86. The second-order valence-corrected chi connectivity index (χ2v) is 4.72. The molecule has 0 saturated carbocycles.